The van der Waals surface area contributed by atoms with Crippen LogP contribution in [0.1, 0.15) is 34.1 Å². The van der Waals surface area contributed by atoms with Crippen LogP contribution in [-0.4, -0.2) is 30.9 Å². The molecule has 4 heteroatoms. The van der Waals surface area contributed by atoms with Crippen molar-refractivity contribution >= 4 is 11.7 Å². The van der Waals surface area contributed by atoms with E-state index in [0.717, 1.165) is 5.57 Å². The highest BCUT2D eigenvalue weighted by atomic mass is 16.5. The standard InChI is InChI=1S/C18H25NO3/c1-7-13-12(16-19-17(3,4)11-22-16)9-10-15(21-6)18(13,5)14(20)8-2/h7,9-10,13H,1,8,11H2,2-6H3/t13-,18+/m1/s1. The average Bonchev–Trinajstić information content (AvgIpc) is 2.85. The highest BCUT2D eigenvalue weighted by Crippen LogP contribution is 2.46. The van der Waals surface area contributed by atoms with Gasteiger partial charge in [-0.3, -0.25) is 4.79 Å². The maximum atomic E-state index is 12.6. The van der Waals surface area contributed by atoms with Gasteiger partial charge in [-0.05, 0) is 32.9 Å². The second-order valence-electron chi connectivity index (χ2n) is 6.57. The summed E-state index contributed by atoms with van der Waals surface area (Å²) in [5.74, 6) is 1.17. The molecule has 0 aromatic carbocycles. The Balaban J connectivity index is 2.53. The lowest BCUT2D eigenvalue weighted by molar-refractivity contribution is -0.128. The molecule has 0 spiro atoms. The Morgan fingerprint density at radius 3 is 2.64 bits per heavy atom. The summed E-state index contributed by atoms with van der Waals surface area (Å²) >= 11 is 0. The zero-order chi connectivity index (χ0) is 16.5. The summed E-state index contributed by atoms with van der Waals surface area (Å²) in [7, 11) is 1.60. The Morgan fingerprint density at radius 1 is 1.50 bits per heavy atom. The van der Waals surface area contributed by atoms with Gasteiger partial charge in [0, 0.05) is 17.9 Å². The summed E-state index contributed by atoms with van der Waals surface area (Å²) in [5.41, 5.74) is -0.114. The summed E-state index contributed by atoms with van der Waals surface area (Å²) in [6.07, 6.45) is 6.01. The number of ether oxygens (including phenoxy) is 2. The van der Waals surface area contributed by atoms with Crippen molar-refractivity contribution in [2.75, 3.05) is 13.7 Å². The maximum Gasteiger partial charge on any atom is 0.213 e. The molecular weight excluding hydrogens is 278 g/mol. The fourth-order valence-electron chi connectivity index (χ4n) is 3.16. The van der Waals surface area contributed by atoms with E-state index in [1.165, 1.54) is 0 Å². The maximum absolute atomic E-state index is 12.6. The number of nitrogens with zero attached hydrogens (tertiary/aromatic N) is 1. The van der Waals surface area contributed by atoms with E-state index in [1.54, 1.807) is 13.2 Å². The molecule has 0 aromatic rings. The van der Waals surface area contributed by atoms with Gasteiger partial charge in [0.05, 0.1) is 18.1 Å². The number of ketones is 1. The van der Waals surface area contributed by atoms with E-state index in [0.29, 0.717) is 24.7 Å². The van der Waals surface area contributed by atoms with Gasteiger partial charge in [0.1, 0.15) is 18.1 Å². The predicted molar refractivity (Wildman–Crippen MR) is 87.7 cm³/mol. The van der Waals surface area contributed by atoms with Crippen molar-refractivity contribution in [2.45, 2.75) is 39.7 Å². The van der Waals surface area contributed by atoms with Crippen LogP contribution in [0, 0.1) is 11.3 Å². The first-order chi connectivity index (χ1) is 10.3. The molecule has 22 heavy (non-hydrogen) atoms. The molecule has 0 saturated heterocycles. The summed E-state index contributed by atoms with van der Waals surface area (Å²) in [6.45, 7) is 12.3. The van der Waals surface area contributed by atoms with Crippen molar-refractivity contribution in [3.63, 3.8) is 0 Å². The SMILES string of the molecule is C=C[C@@H]1C(C2=NC(C)(C)CO2)=CC=C(OC)[C@]1(C)C(=O)CC. The number of methoxy groups -OCH3 is 1. The number of hydrogen-bond acceptors (Lipinski definition) is 4. The van der Waals surface area contributed by atoms with Gasteiger partial charge in [-0.1, -0.05) is 13.0 Å². The molecule has 0 amide bonds. The van der Waals surface area contributed by atoms with E-state index in [1.807, 2.05) is 39.8 Å². The molecule has 0 bridgehead atoms. The minimum Gasteiger partial charge on any atom is -0.500 e. The van der Waals surface area contributed by atoms with Crippen molar-refractivity contribution in [2.24, 2.45) is 16.3 Å². The summed E-state index contributed by atoms with van der Waals surface area (Å²) in [6, 6.07) is 0. The highest BCUT2D eigenvalue weighted by Gasteiger charge is 2.48. The third-order valence-corrected chi connectivity index (χ3v) is 4.45. The summed E-state index contributed by atoms with van der Waals surface area (Å²) < 4.78 is 11.2. The van der Waals surface area contributed by atoms with E-state index < -0.39 is 5.41 Å². The van der Waals surface area contributed by atoms with E-state index >= 15 is 0 Å². The van der Waals surface area contributed by atoms with Crippen LogP contribution in [0.4, 0.5) is 0 Å². The molecule has 0 radical (unpaired) electrons. The second-order valence-corrected chi connectivity index (χ2v) is 6.57. The van der Waals surface area contributed by atoms with Crippen LogP contribution in [0.15, 0.2) is 41.1 Å². The molecular formula is C18H25NO3. The molecule has 1 aliphatic carbocycles. The molecule has 2 aliphatic rings. The van der Waals surface area contributed by atoms with Gasteiger partial charge in [0.15, 0.2) is 0 Å². The fourth-order valence-corrected chi connectivity index (χ4v) is 3.16. The summed E-state index contributed by atoms with van der Waals surface area (Å²) in [4.78, 5) is 17.3. The molecule has 0 saturated carbocycles. The molecule has 2 atom stereocenters. The molecule has 1 heterocycles. The quantitative estimate of drug-likeness (QED) is 0.731. The van der Waals surface area contributed by atoms with Crippen LogP contribution in [0.3, 0.4) is 0 Å². The van der Waals surface area contributed by atoms with Gasteiger partial charge in [0.2, 0.25) is 5.90 Å². The lowest BCUT2D eigenvalue weighted by atomic mass is 9.66. The molecule has 0 unspecified atom stereocenters. The molecule has 0 fully saturated rings. The molecule has 120 valence electrons. The van der Waals surface area contributed by atoms with Gasteiger partial charge in [0.25, 0.3) is 0 Å². The number of hydrogen-bond donors (Lipinski definition) is 0. The number of allylic oxidation sites excluding steroid dienone is 4. The van der Waals surface area contributed by atoms with Crippen molar-refractivity contribution in [1.82, 2.24) is 0 Å². The highest BCUT2D eigenvalue weighted by molar-refractivity contribution is 5.99. The molecule has 4 nitrogen and oxygen atoms in total. The molecule has 1 aliphatic heterocycles. The first kappa shape index (κ1) is 16.5. The number of aliphatic imine (C=N–C) groups is 1. The Bertz CT molecular complexity index is 583. The van der Waals surface area contributed by atoms with Crippen LogP contribution in [-0.2, 0) is 14.3 Å². The summed E-state index contributed by atoms with van der Waals surface area (Å²) in [5, 5.41) is 0. The minimum absolute atomic E-state index is 0.119. The van der Waals surface area contributed by atoms with Crippen LogP contribution < -0.4 is 0 Å². The lowest BCUT2D eigenvalue weighted by Gasteiger charge is -2.38. The minimum atomic E-state index is -0.770. The van der Waals surface area contributed by atoms with Crippen LogP contribution in [0.25, 0.3) is 0 Å². The van der Waals surface area contributed by atoms with E-state index in [-0.39, 0.29) is 17.2 Å². The first-order valence-electron chi connectivity index (χ1n) is 7.65. The van der Waals surface area contributed by atoms with E-state index in [9.17, 15) is 4.79 Å². The predicted octanol–water partition coefficient (Wildman–Crippen LogP) is 3.45. The number of carbonyl (C=O) groups excluding carboxylic acids is 1. The van der Waals surface area contributed by atoms with Crippen molar-refractivity contribution in [3.05, 3.63) is 36.1 Å². The van der Waals surface area contributed by atoms with E-state index in [2.05, 4.69) is 11.6 Å². The van der Waals surface area contributed by atoms with Gasteiger partial charge < -0.3 is 9.47 Å². The Labute approximate surface area is 132 Å². The molecule has 0 aromatic heterocycles. The smallest absolute Gasteiger partial charge is 0.213 e. The van der Waals surface area contributed by atoms with Gasteiger partial charge in [-0.25, -0.2) is 4.99 Å². The first-order valence-corrected chi connectivity index (χ1v) is 7.65. The molecule has 2 rings (SSSR count). The normalized spacial score (nSPS) is 29.9. The largest absolute Gasteiger partial charge is 0.500 e. The van der Waals surface area contributed by atoms with Crippen LogP contribution >= 0.6 is 0 Å². The topological polar surface area (TPSA) is 47.9 Å². The zero-order valence-corrected chi connectivity index (χ0v) is 14.1. The zero-order valence-electron chi connectivity index (χ0n) is 14.1. The van der Waals surface area contributed by atoms with Crippen LogP contribution in [0.5, 0.6) is 0 Å². The Hall–Kier alpha value is -1.84. The van der Waals surface area contributed by atoms with Crippen LogP contribution in [0.2, 0.25) is 0 Å². The second kappa shape index (κ2) is 5.75. The van der Waals surface area contributed by atoms with Gasteiger partial charge in [-0.15, -0.1) is 6.58 Å². The van der Waals surface area contributed by atoms with E-state index in [4.69, 9.17) is 9.47 Å². The number of carbonyl (C=O) groups is 1. The van der Waals surface area contributed by atoms with Gasteiger partial charge >= 0.3 is 0 Å². The third kappa shape index (κ3) is 2.51. The Morgan fingerprint density at radius 2 is 2.18 bits per heavy atom. The van der Waals surface area contributed by atoms with Crippen molar-refractivity contribution in [3.8, 4) is 0 Å². The van der Waals surface area contributed by atoms with Gasteiger partial charge in [-0.2, -0.15) is 0 Å². The average molecular weight is 303 g/mol. The lowest BCUT2D eigenvalue weighted by Crippen LogP contribution is -2.41. The number of Topliss-reactive ketones (excluding diaryl/α,β-unsaturated/α-hetero) is 1. The third-order valence-electron chi connectivity index (χ3n) is 4.45. The van der Waals surface area contributed by atoms with Crippen molar-refractivity contribution < 1.29 is 14.3 Å². The fraction of sp³-hybridized carbons (Fsp3) is 0.556. The van der Waals surface area contributed by atoms with Crippen molar-refractivity contribution in [1.29, 1.82) is 0 Å². The number of rotatable bonds is 5. The monoisotopic (exact) mass is 303 g/mol. The molecule has 0 N–H and O–H groups in total. The Kier molecular flexibility index (Phi) is 4.32.